The molecule has 1 heterocycles. The average molecular weight is 195 g/mol. The van der Waals surface area contributed by atoms with Crippen LogP contribution in [0, 0.1) is 12.7 Å². The number of rotatable bonds is 1. The molecule has 4 nitrogen and oxygen atoms in total. The van der Waals surface area contributed by atoms with E-state index in [2.05, 4.69) is 4.98 Å². The van der Waals surface area contributed by atoms with Crippen molar-refractivity contribution in [3.05, 3.63) is 29.4 Å². The standard InChI is InChI=1S/C9H6FNO3/c1-4-11-7-6(10)3-2-5(9(12)13)8(7)14-4/h2-3H,1H3,(H,12,13). The predicted octanol–water partition coefficient (Wildman–Crippen LogP) is 1.97. The molecule has 1 aromatic carbocycles. The van der Waals surface area contributed by atoms with Crippen LogP contribution in [0.1, 0.15) is 16.2 Å². The summed E-state index contributed by atoms with van der Waals surface area (Å²) in [6.07, 6.45) is 0. The number of fused-ring (bicyclic) bond motifs is 1. The molecule has 0 unspecified atom stereocenters. The van der Waals surface area contributed by atoms with Crippen molar-refractivity contribution in [3.63, 3.8) is 0 Å². The van der Waals surface area contributed by atoms with E-state index in [0.29, 0.717) is 0 Å². The molecule has 72 valence electrons. The molecule has 0 aliphatic rings. The summed E-state index contributed by atoms with van der Waals surface area (Å²) < 4.78 is 18.1. The van der Waals surface area contributed by atoms with E-state index in [0.717, 1.165) is 12.1 Å². The van der Waals surface area contributed by atoms with Crippen molar-refractivity contribution in [3.8, 4) is 0 Å². The smallest absolute Gasteiger partial charge is 0.339 e. The summed E-state index contributed by atoms with van der Waals surface area (Å²) in [7, 11) is 0. The highest BCUT2D eigenvalue weighted by molar-refractivity contribution is 6.00. The normalized spacial score (nSPS) is 10.7. The van der Waals surface area contributed by atoms with Gasteiger partial charge in [0.05, 0.1) is 0 Å². The molecule has 0 fully saturated rings. The molecule has 0 aliphatic carbocycles. The van der Waals surface area contributed by atoms with E-state index < -0.39 is 11.8 Å². The van der Waals surface area contributed by atoms with E-state index in [1.54, 1.807) is 0 Å². The van der Waals surface area contributed by atoms with Crippen LogP contribution in [-0.2, 0) is 0 Å². The second-order valence-electron chi connectivity index (χ2n) is 2.81. The monoisotopic (exact) mass is 195 g/mol. The maximum atomic E-state index is 13.1. The molecule has 0 bridgehead atoms. The summed E-state index contributed by atoms with van der Waals surface area (Å²) >= 11 is 0. The van der Waals surface area contributed by atoms with E-state index in [4.69, 9.17) is 9.52 Å². The van der Waals surface area contributed by atoms with Gasteiger partial charge < -0.3 is 9.52 Å². The Hall–Kier alpha value is -1.91. The lowest BCUT2D eigenvalue weighted by Crippen LogP contribution is -1.97. The third-order valence-corrected chi connectivity index (χ3v) is 1.83. The fraction of sp³-hybridized carbons (Fsp3) is 0.111. The zero-order valence-electron chi connectivity index (χ0n) is 7.24. The Bertz CT molecular complexity index is 518. The van der Waals surface area contributed by atoms with Crippen LogP contribution in [0.5, 0.6) is 0 Å². The van der Waals surface area contributed by atoms with Crippen LogP contribution in [0.15, 0.2) is 16.5 Å². The summed E-state index contributed by atoms with van der Waals surface area (Å²) in [6.45, 7) is 1.53. The number of aromatic carboxylic acids is 1. The zero-order valence-corrected chi connectivity index (χ0v) is 7.24. The van der Waals surface area contributed by atoms with Crippen molar-refractivity contribution < 1.29 is 18.7 Å². The highest BCUT2D eigenvalue weighted by Crippen LogP contribution is 2.22. The Kier molecular flexibility index (Phi) is 1.73. The first-order chi connectivity index (χ1) is 6.59. The summed E-state index contributed by atoms with van der Waals surface area (Å²) in [4.78, 5) is 14.5. The molecule has 0 saturated heterocycles. The molecule has 1 aromatic heterocycles. The lowest BCUT2D eigenvalue weighted by Gasteiger charge is -1.94. The van der Waals surface area contributed by atoms with Crippen LogP contribution in [0.3, 0.4) is 0 Å². The fourth-order valence-electron chi connectivity index (χ4n) is 1.25. The Labute approximate surface area is 78.0 Å². The number of aryl methyl sites for hydroxylation is 1. The summed E-state index contributed by atoms with van der Waals surface area (Å²) in [5.74, 6) is -1.50. The molecular formula is C9H6FNO3. The number of carboxylic acids is 1. The lowest BCUT2D eigenvalue weighted by atomic mass is 10.2. The largest absolute Gasteiger partial charge is 0.478 e. The van der Waals surface area contributed by atoms with Gasteiger partial charge in [-0.05, 0) is 12.1 Å². The average Bonchev–Trinajstić information content (AvgIpc) is 2.47. The van der Waals surface area contributed by atoms with E-state index in [9.17, 15) is 9.18 Å². The van der Waals surface area contributed by atoms with Gasteiger partial charge in [0.2, 0.25) is 0 Å². The molecule has 0 spiro atoms. The number of hydrogen-bond donors (Lipinski definition) is 1. The first kappa shape index (κ1) is 8.68. The van der Waals surface area contributed by atoms with Crippen molar-refractivity contribution in [2.45, 2.75) is 6.92 Å². The van der Waals surface area contributed by atoms with Gasteiger partial charge in [-0.3, -0.25) is 0 Å². The third-order valence-electron chi connectivity index (χ3n) is 1.83. The minimum Gasteiger partial charge on any atom is -0.478 e. The molecule has 0 amide bonds. The van der Waals surface area contributed by atoms with Gasteiger partial charge >= 0.3 is 5.97 Å². The predicted molar refractivity (Wildman–Crippen MR) is 45.7 cm³/mol. The second-order valence-corrected chi connectivity index (χ2v) is 2.81. The van der Waals surface area contributed by atoms with Crippen LogP contribution in [0.25, 0.3) is 11.1 Å². The number of oxazole rings is 1. The van der Waals surface area contributed by atoms with Crippen LogP contribution in [-0.4, -0.2) is 16.1 Å². The van der Waals surface area contributed by atoms with Gasteiger partial charge in [0.25, 0.3) is 0 Å². The number of halogens is 1. The van der Waals surface area contributed by atoms with E-state index >= 15 is 0 Å². The number of aromatic nitrogens is 1. The van der Waals surface area contributed by atoms with Gasteiger partial charge in [0.15, 0.2) is 17.3 Å². The van der Waals surface area contributed by atoms with Crippen molar-refractivity contribution in [2.24, 2.45) is 0 Å². The molecule has 14 heavy (non-hydrogen) atoms. The van der Waals surface area contributed by atoms with E-state index in [1.807, 2.05) is 0 Å². The van der Waals surface area contributed by atoms with Crippen molar-refractivity contribution in [2.75, 3.05) is 0 Å². The Balaban J connectivity index is 2.87. The molecule has 1 N–H and O–H groups in total. The van der Waals surface area contributed by atoms with Gasteiger partial charge in [-0.15, -0.1) is 0 Å². The Morgan fingerprint density at radius 2 is 2.29 bits per heavy atom. The van der Waals surface area contributed by atoms with E-state index in [1.165, 1.54) is 6.92 Å². The number of hydrogen-bond acceptors (Lipinski definition) is 3. The fourth-order valence-corrected chi connectivity index (χ4v) is 1.25. The highest BCUT2D eigenvalue weighted by Gasteiger charge is 2.16. The van der Waals surface area contributed by atoms with Gasteiger partial charge in [-0.25, -0.2) is 14.2 Å². The summed E-state index contributed by atoms with van der Waals surface area (Å²) in [6, 6.07) is 2.22. The van der Waals surface area contributed by atoms with Crippen LogP contribution in [0.2, 0.25) is 0 Å². The molecule has 2 rings (SSSR count). The van der Waals surface area contributed by atoms with Crippen molar-refractivity contribution >= 4 is 17.1 Å². The second kappa shape index (κ2) is 2.80. The molecule has 0 atom stereocenters. The van der Waals surface area contributed by atoms with Gasteiger partial charge in [0.1, 0.15) is 11.1 Å². The molecular weight excluding hydrogens is 189 g/mol. The zero-order chi connectivity index (χ0) is 10.3. The first-order valence-corrected chi connectivity index (χ1v) is 3.88. The van der Waals surface area contributed by atoms with Crippen molar-refractivity contribution in [1.82, 2.24) is 4.98 Å². The summed E-state index contributed by atoms with van der Waals surface area (Å²) in [5.41, 5.74) is -0.139. The third kappa shape index (κ3) is 1.14. The van der Waals surface area contributed by atoms with Gasteiger partial charge in [0, 0.05) is 6.92 Å². The molecule has 0 saturated carbocycles. The van der Waals surface area contributed by atoms with Crippen LogP contribution < -0.4 is 0 Å². The maximum absolute atomic E-state index is 13.1. The van der Waals surface area contributed by atoms with E-state index in [-0.39, 0.29) is 22.6 Å². The quantitative estimate of drug-likeness (QED) is 0.755. The topological polar surface area (TPSA) is 63.3 Å². The number of benzene rings is 1. The number of nitrogens with zero attached hydrogens (tertiary/aromatic N) is 1. The Morgan fingerprint density at radius 3 is 2.93 bits per heavy atom. The van der Waals surface area contributed by atoms with Gasteiger partial charge in [-0.2, -0.15) is 0 Å². The molecule has 0 radical (unpaired) electrons. The molecule has 2 aromatic rings. The van der Waals surface area contributed by atoms with Crippen molar-refractivity contribution in [1.29, 1.82) is 0 Å². The van der Waals surface area contributed by atoms with Crippen LogP contribution >= 0.6 is 0 Å². The van der Waals surface area contributed by atoms with Gasteiger partial charge in [-0.1, -0.05) is 0 Å². The molecule has 5 heteroatoms. The first-order valence-electron chi connectivity index (χ1n) is 3.88. The summed E-state index contributed by atoms with van der Waals surface area (Å²) in [5, 5.41) is 8.77. The van der Waals surface area contributed by atoms with Crippen LogP contribution in [0.4, 0.5) is 4.39 Å². The number of carboxylic acid groups (broad SMARTS) is 1. The minimum atomic E-state index is -1.16. The number of carbonyl (C=O) groups is 1. The SMILES string of the molecule is Cc1nc2c(F)ccc(C(=O)O)c2o1. The maximum Gasteiger partial charge on any atom is 0.339 e. The highest BCUT2D eigenvalue weighted by atomic mass is 19.1. The molecule has 0 aliphatic heterocycles. The Morgan fingerprint density at radius 1 is 1.57 bits per heavy atom. The minimum absolute atomic E-state index is 0.0185. The lowest BCUT2D eigenvalue weighted by molar-refractivity contribution is 0.0698.